The number of aryl methyl sites for hydroxylation is 2. The van der Waals surface area contributed by atoms with Crippen LogP contribution in [0.15, 0.2) is 77.8 Å². The number of hydrogen-bond donors (Lipinski definition) is 0. The van der Waals surface area contributed by atoms with Gasteiger partial charge in [0.2, 0.25) is 0 Å². The second-order valence-electron chi connectivity index (χ2n) is 7.98. The summed E-state index contributed by atoms with van der Waals surface area (Å²) in [4.78, 5) is 13.5. The molecule has 0 spiro atoms. The number of esters is 1. The number of rotatable bonds is 2. The van der Waals surface area contributed by atoms with Gasteiger partial charge in [-0.25, -0.2) is 11.6 Å². The predicted octanol–water partition coefficient (Wildman–Crippen LogP) is 4.43. The molecule has 0 saturated carbocycles. The van der Waals surface area contributed by atoms with Crippen molar-refractivity contribution in [1.82, 2.24) is 0 Å². The molecule has 0 N–H and O–H groups in total. The second kappa shape index (κ2) is 19.1. The van der Waals surface area contributed by atoms with E-state index < -0.39 is 5.97 Å². The average Bonchev–Trinajstić information content (AvgIpc) is 2.69. The summed E-state index contributed by atoms with van der Waals surface area (Å²) in [5.41, 5.74) is 5.13. The molecule has 0 saturated heterocycles. The molecule has 2 aromatic rings. The van der Waals surface area contributed by atoms with Crippen molar-refractivity contribution in [1.29, 1.82) is 0 Å². The molecule has 0 fully saturated rings. The summed E-state index contributed by atoms with van der Waals surface area (Å²) < 4.78 is 4.29. The van der Waals surface area contributed by atoms with E-state index in [1.54, 1.807) is 6.92 Å². The van der Waals surface area contributed by atoms with Gasteiger partial charge >= 0.3 is 51.4 Å². The quantitative estimate of drug-likeness (QED) is 0.289. The summed E-state index contributed by atoms with van der Waals surface area (Å²) in [6, 6.07) is 18.2. The Kier molecular flexibility index (Phi) is 19.5. The molecule has 3 nitrogen and oxygen atoms in total. The van der Waals surface area contributed by atoms with Gasteiger partial charge in [0, 0.05) is 0 Å². The Morgan fingerprint density at radius 2 is 1.62 bits per heavy atom. The molecule has 168 valence electrons. The van der Waals surface area contributed by atoms with Crippen LogP contribution in [0.4, 0.5) is 5.69 Å². The summed E-state index contributed by atoms with van der Waals surface area (Å²) in [6.07, 6.45) is 7.41. The van der Waals surface area contributed by atoms with Gasteiger partial charge < -0.3 is 4.74 Å². The van der Waals surface area contributed by atoms with Crippen molar-refractivity contribution in [2.45, 2.75) is 47.5 Å². The van der Waals surface area contributed by atoms with E-state index in [0.717, 1.165) is 18.5 Å². The van der Waals surface area contributed by atoms with E-state index >= 15 is 0 Å². The number of ether oxygens (including phenoxy) is 1. The third-order valence-corrected chi connectivity index (χ3v) is 4.05. The van der Waals surface area contributed by atoms with Crippen molar-refractivity contribution in [2.75, 3.05) is 6.61 Å². The number of carbonyl (C=O) groups excluding carboxylic acids is 1. The summed E-state index contributed by atoms with van der Waals surface area (Å²) in [5, 5.41) is 0. The van der Waals surface area contributed by atoms with E-state index in [1.165, 1.54) is 16.7 Å². The average molecular weight is 459 g/mol. The van der Waals surface area contributed by atoms with Crippen LogP contribution >= 0.6 is 0 Å². The first-order valence-electron chi connectivity index (χ1n) is 10.4. The van der Waals surface area contributed by atoms with Crippen LogP contribution in [0.1, 0.15) is 44.7 Å². The topological polar surface area (TPSA) is 38.7 Å². The van der Waals surface area contributed by atoms with Crippen LogP contribution in [-0.2, 0) is 9.53 Å². The normalized spacial score (nSPS) is 12.7. The minimum atomic E-state index is -0.461. The Morgan fingerprint density at radius 1 is 1.09 bits per heavy atom. The Labute approximate surface area is 238 Å². The van der Waals surface area contributed by atoms with E-state index in [-0.39, 0.29) is 51.4 Å². The molecule has 32 heavy (non-hydrogen) atoms. The van der Waals surface area contributed by atoms with Crippen molar-refractivity contribution < 1.29 is 60.9 Å². The van der Waals surface area contributed by atoms with Gasteiger partial charge in [-0.05, 0) is 39.6 Å². The number of allylic oxidation sites excluding steroid dienone is 3. The molecule has 2 aromatic carbocycles. The van der Waals surface area contributed by atoms with Crippen LogP contribution in [0.2, 0.25) is 0 Å². The molecule has 4 heteroatoms. The minimum absolute atomic E-state index is 0. The molecule has 0 bridgehead atoms. The predicted molar refractivity (Wildman–Crippen MR) is 134 cm³/mol. The Morgan fingerprint density at radius 3 is 1.91 bits per heavy atom. The third-order valence-electron chi connectivity index (χ3n) is 4.05. The van der Waals surface area contributed by atoms with Gasteiger partial charge in [0.15, 0.2) is 5.97 Å². The number of aliphatic imine (C=N–C) groups is 1. The molecule has 1 aliphatic carbocycles. The molecular weight excluding hydrogens is 421 g/mol. The Balaban J connectivity index is 0. The zero-order chi connectivity index (χ0) is 23.7. The fourth-order valence-corrected chi connectivity index (χ4v) is 2.55. The van der Waals surface area contributed by atoms with Crippen LogP contribution in [-0.4, -0.2) is 19.3 Å². The number of benzene rings is 2. The largest absolute Gasteiger partial charge is 1.00 e. The molecule has 0 aliphatic heterocycles. The maximum Gasteiger partial charge on any atom is 1.00 e. The maximum absolute atomic E-state index is 9.71. The van der Waals surface area contributed by atoms with E-state index in [0.29, 0.717) is 12.0 Å². The molecule has 0 unspecified atom stereocenters. The van der Waals surface area contributed by atoms with Gasteiger partial charge in [-0.1, -0.05) is 79.3 Å². The third kappa shape index (κ3) is 19.3. The van der Waals surface area contributed by atoms with Crippen molar-refractivity contribution in [2.24, 2.45) is 10.4 Å². The van der Waals surface area contributed by atoms with Crippen LogP contribution in [0.25, 0.3) is 0 Å². The summed E-state index contributed by atoms with van der Waals surface area (Å²) in [7, 11) is 0. The van der Waals surface area contributed by atoms with Crippen LogP contribution in [0, 0.1) is 32.3 Å². The molecule has 0 amide bonds. The molecule has 3 rings (SSSR count). The zero-order valence-electron chi connectivity index (χ0n) is 20.8. The van der Waals surface area contributed by atoms with E-state index in [4.69, 9.17) is 0 Å². The van der Waals surface area contributed by atoms with Crippen molar-refractivity contribution in [3.05, 3.63) is 97.0 Å². The summed E-state index contributed by atoms with van der Waals surface area (Å²) >= 11 is 0. The van der Waals surface area contributed by atoms with E-state index in [9.17, 15) is 4.79 Å². The van der Waals surface area contributed by atoms with Crippen LogP contribution in [0.5, 0.6) is 0 Å². The second-order valence-corrected chi connectivity index (χ2v) is 7.98. The molecule has 0 atom stereocenters. The minimum Gasteiger partial charge on any atom is -0.489 e. The molecule has 0 heterocycles. The number of hydrogen-bond acceptors (Lipinski definition) is 3. The van der Waals surface area contributed by atoms with Gasteiger partial charge in [-0.2, -0.15) is 6.58 Å². The summed E-state index contributed by atoms with van der Waals surface area (Å²) in [5.74, 6) is -0.461. The fourth-order valence-electron chi connectivity index (χ4n) is 2.55. The van der Waals surface area contributed by atoms with Gasteiger partial charge in [0.25, 0.3) is 0 Å². The van der Waals surface area contributed by atoms with Gasteiger partial charge in [0.1, 0.15) is 0 Å². The SMILES string of the molecule is C=C1C=[C-]CC(C)(C)C1.C=Nc1ccc(C)cc1.Cc1ccccc1.[CH2-]C(=O)OCC.[K+]. The van der Waals surface area contributed by atoms with Crippen LogP contribution in [0.3, 0.4) is 0 Å². The van der Waals surface area contributed by atoms with E-state index in [1.807, 2.05) is 55.5 Å². The number of carbonyl (C=O) groups is 1. The Hall–Kier alpha value is -1.43. The van der Waals surface area contributed by atoms with Crippen LogP contribution < -0.4 is 51.4 Å². The first-order valence-corrected chi connectivity index (χ1v) is 10.4. The van der Waals surface area contributed by atoms with Gasteiger partial charge in [0.05, 0.1) is 12.3 Å². The first kappa shape index (κ1) is 32.7. The molecule has 0 aromatic heterocycles. The monoisotopic (exact) mass is 458 g/mol. The molecule has 1 aliphatic rings. The molecular formula is C28H37KNO2-. The van der Waals surface area contributed by atoms with E-state index in [2.05, 4.69) is 68.9 Å². The fraction of sp³-hybridized carbons (Fsp3) is 0.321. The van der Waals surface area contributed by atoms with Crippen molar-refractivity contribution >= 4 is 18.4 Å². The molecule has 0 radical (unpaired) electrons. The summed E-state index contributed by atoms with van der Waals surface area (Å²) in [6.45, 7) is 21.1. The van der Waals surface area contributed by atoms with Crippen molar-refractivity contribution in [3.63, 3.8) is 0 Å². The standard InChI is InChI=1S/C9H13.C8H9N.C7H8.C4H7O2.K/c1-8-5-4-6-9(2,3)7-8;1-7-3-5-8(9-2)6-4-7;1-7-5-3-2-4-6-7;1-3-6-4(2)5;/h5H,1,6-7H2,2-3H3;3-6H,2H2,1H3;2-6H,1H3;2-3H2,1H3;/q-1;;;-1;+1. The van der Waals surface area contributed by atoms with Gasteiger partial charge in [-0.3, -0.25) is 22.8 Å². The maximum atomic E-state index is 9.71. The zero-order valence-corrected chi connectivity index (χ0v) is 23.9. The first-order chi connectivity index (χ1) is 14.6. The van der Waals surface area contributed by atoms with Crippen molar-refractivity contribution in [3.8, 4) is 0 Å². The Bertz CT molecular complexity index is 809. The van der Waals surface area contributed by atoms with Gasteiger partial charge in [-0.15, -0.1) is 6.42 Å². The smallest absolute Gasteiger partial charge is 0.489 e. The number of nitrogens with zero attached hydrogens (tertiary/aromatic N) is 1.